The van der Waals surface area contributed by atoms with Crippen LogP contribution >= 0.6 is 46.4 Å². The summed E-state index contributed by atoms with van der Waals surface area (Å²) >= 11 is 20.9. The molecule has 0 N–H and O–H groups in total. The lowest BCUT2D eigenvalue weighted by atomic mass is 10.6. The van der Waals surface area contributed by atoms with Crippen molar-refractivity contribution in [2.24, 2.45) is 0 Å². The lowest BCUT2D eigenvalue weighted by Gasteiger charge is -1.81. The molecule has 46 valence electrons. The Labute approximate surface area is 67.7 Å². The topological polar surface area (TPSA) is 0 Å². The van der Waals surface area contributed by atoms with Crippen LogP contribution in [-0.4, -0.2) is 0 Å². The third-order valence-electron chi connectivity index (χ3n) is 0.351. The number of hydrogen-bond acceptors (Lipinski definition) is 0. The average molecular weight is 192 g/mol. The largest absolute Gasteiger partial charge is 0.108 e. The van der Waals surface area contributed by atoms with Gasteiger partial charge in [-0.3, -0.25) is 0 Å². The van der Waals surface area contributed by atoms with Gasteiger partial charge in [-0.2, -0.15) is 0 Å². The Bertz CT molecular complexity index is 120. The van der Waals surface area contributed by atoms with E-state index in [1.54, 1.807) is 0 Å². The van der Waals surface area contributed by atoms with Crippen LogP contribution in [0.3, 0.4) is 0 Å². The van der Waals surface area contributed by atoms with Crippen LogP contribution in [0.5, 0.6) is 0 Å². The van der Waals surface area contributed by atoms with Crippen LogP contribution in [0.1, 0.15) is 0 Å². The lowest BCUT2D eigenvalue weighted by Crippen LogP contribution is -1.57. The van der Waals surface area contributed by atoms with Gasteiger partial charge in [-0.15, -0.1) is 0 Å². The fourth-order valence-corrected chi connectivity index (χ4v) is 0.655. The Morgan fingerprint density at radius 3 is 1.75 bits per heavy atom. The van der Waals surface area contributed by atoms with Crippen LogP contribution in [0.15, 0.2) is 21.1 Å². The molecule has 0 aromatic carbocycles. The molecule has 8 heavy (non-hydrogen) atoms. The second-order valence-electron chi connectivity index (χ2n) is 0.928. The average Bonchev–Trinajstić information content (AvgIpc) is 1.65. The molecule has 0 rings (SSSR count). The van der Waals surface area contributed by atoms with Crippen LogP contribution in [0.2, 0.25) is 0 Å². The van der Waals surface area contributed by atoms with Gasteiger partial charge in [0.15, 0.2) is 0 Å². The smallest absolute Gasteiger partial charge is 0.0913 e. The highest BCUT2D eigenvalue weighted by molar-refractivity contribution is 6.56. The van der Waals surface area contributed by atoms with E-state index in [9.17, 15) is 0 Å². The number of allylic oxidation sites excluding steroid dienone is 2. The Morgan fingerprint density at radius 2 is 1.62 bits per heavy atom. The Balaban J connectivity index is 3.89. The molecule has 0 saturated heterocycles. The van der Waals surface area contributed by atoms with Gasteiger partial charge < -0.3 is 0 Å². The molecule has 0 aromatic heterocycles. The molecule has 0 atom stereocenters. The van der Waals surface area contributed by atoms with Crippen LogP contribution < -0.4 is 0 Å². The van der Waals surface area contributed by atoms with E-state index < -0.39 is 0 Å². The third-order valence-corrected chi connectivity index (χ3v) is 1.13. The number of halogens is 4. The summed E-state index contributed by atoms with van der Waals surface area (Å²) in [6.07, 6.45) is 1.33. The standard InChI is InChI=1S/C4H2Cl4/c5-2-3(6)1-4(7)8/h1-2H/b3-2-. The fraction of sp³-hybridized carbons (Fsp3) is 0. The summed E-state index contributed by atoms with van der Waals surface area (Å²) in [5.74, 6) is 0. The molecule has 4 heteroatoms. The molecule has 0 amide bonds. The van der Waals surface area contributed by atoms with Gasteiger partial charge in [0.2, 0.25) is 0 Å². The van der Waals surface area contributed by atoms with E-state index in [0.717, 1.165) is 0 Å². The van der Waals surface area contributed by atoms with Crippen molar-refractivity contribution in [3.63, 3.8) is 0 Å². The summed E-state index contributed by atoms with van der Waals surface area (Å²) in [4.78, 5) is 0. The van der Waals surface area contributed by atoms with Crippen molar-refractivity contribution in [3.05, 3.63) is 21.1 Å². The minimum atomic E-state index is 0.0897. The number of hydrogen-bond donors (Lipinski definition) is 0. The molecule has 0 aliphatic carbocycles. The maximum absolute atomic E-state index is 5.34. The maximum Gasteiger partial charge on any atom is 0.108 e. The quantitative estimate of drug-likeness (QED) is 0.556. The molecule has 0 heterocycles. The minimum absolute atomic E-state index is 0.0897. The van der Waals surface area contributed by atoms with Crippen LogP contribution in [-0.2, 0) is 0 Å². The van der Waals surface area contributed by atoms with Crippen molar-refractivity contribution in [2.75, 3.05) is 0 Å². The van der Waals surface area contributed by atoms with Crippen LogP contribution in [0.25, 0.3) is 0 Å². The summed E-state index contributed by atoms with van der Waals surface area (Å²) in [6, 6.07) is 0. The van der Waals surface area contributed by atoms with Gasteiger partial charge in [0.05, 0.1) is 5.03 Å². The maximum atomic E-state index is 5.34. The molecule has 0 nitrogen and oxygen atoms in total. The molecule has 0 aliphatic heterocycles. The zero-order chi connectivity index (χ0) is 6.57. The Morgan fingerprint density at radius 1 is 1.12 bits per heavy atom. The molecule has 0 radical (unpaired) electrons. The first kappa shape index (κ1) is 8.64. The first-order chi connectivity index (χ1) is 3.66. The van der Waals surface area contributed by atoms with Crippen molar-refractivity contribution >= 4 is 46.4 Å². The predicted molar refractivity (Wildman–Crippen MR) is 39.6 cm³/mol. The van der Waals surface area contributed by atoms with Gasteiger partial charge in [-0.1, -0.05) is 46.4 Å². The number of rotatable bonds is 1. The molecule has 0 bridgehead atoms. The summed E-state index contributed by atoms with van der Waals surface area (Å²) < 4.78 is 0.0897. The molecule has 0 fully saturated rings. The van der Waals surface area contributed by atoms with Crippen molar-refractivity contribution in [1.29, 1.82) is 0 Å². The predicted octanol–water partition coefficient (Wildman–Crippen LogP) is 3.62. The molecule has 0 aliphatic rings. The first-order valence-corrected chi connectivity index (χ1v) is 3.22. The third kappa shape index (κ3) is 4.79. The van der Waals surface area contributed by atoms with Gasteiger partial charge in [0, 0.05) is 5.54 Å². The lowest BCUT2D eigenvalue weighted by molar-refractivity contribution is 1.95. The highest BCUT2D eigenvalue weighted by atomic mass is 35.5. The summed E-state index contributed by atoms with van der Waals surface area (Å²) in [5.41, 5.74) is 1.17. The zero-order valence-corrected chi connectivity index (χ0v) is 6.69. The Hall–Kier alpha value is 0.640. The van der Waals surface area contributed by atoms with Gasteiger partial charge in [-0.05, 0) is 6.08 Å². The van der Waals surface area contributed by atoms with E-state index in [-0.39, 0.29) is 4.49 Å². The molecular weight excluding hydrogens is 190 g/mol. The molecule has 0 aromatic rings. The fourth-order valence-electron chi connectivity index (χ4n) is 0.136. The van der Waals surface area contributed by atoms with E-state index in [4.69, 9.17) is 46.4 Å². The van der Waals surface area contributed by atoms with E-state index in [1.807, 2.05) is 0 Å². The first-order valence-electron chi connectivity index (χ1n) is 1.65. The SMILES string of the molecule is Cl/C=C(\Cl)C=C(Cl)Cl. The zero-order valence-electron chi connectivity index (χ0n) is 3.67. The van der Waals surface area contributed by atoms with Gasteiger partial charge in [0.25, 0.3) is 0 Å². The van der Waals surface area contributed by atoms with E-state index in [1.165, 1.54) is 11.6 Å². The van der Waals surface area contributed by atoms with Crippen molar-refractivity contribution in [2.45, 2.75) is 0 Å². The second-order valence-corrected chi connectivity index (χ2v) is 2.59. The van der Waals surface area contributed by atoms with Gasteiger partial charge in [0.1, 0.15) is 4.49 Å². The normalized spacial score (nSPS) is 11.2. The summed E-state index contributed by atoms with van der Waals surface area (Å²) in [7, 11) is 0. The molecule has 0 spiro atoms. The minimum Gasteiger partial charge on any atom is -0.0913 e. The molecule has 0 saturated carbocycles. The summed E-state index contributed by atoms with van der Waals surface area (Å²) in [6.45, 7) is 0. The second kappa shape index (κ2) is 4.51. The van der Waals surface area contributed by atoms with E-state index in [2.05, 4.69) is 0 Å². The van der Waals surface area contributed by atoms with Crippen molar-refractivity contribution < 1.29 is 0 Å². The molecular formula is C4H2Cl4. The van der Waals surface area contributed by atoms with Crippen LogP contribution in [0.4, 0.5) is 0 Å². The highest BCUT2D eigenvalue weighted by Gasteiger charge is 1.85. The van der Waals surface area contributed by atoms with Gasteiger partial charge in [-0.25, -0.2) is 0 Å². The van der Waals surface area contributed by atoms with E-state index >= 15 is 0 Å². The Kier molecular flexibility index (Phi) is 4.87. The van der Waals surface area contributed by atoms with Gasteiger partial charge >= 0.3 is 0 Å². The molecule has 0 unspecified atom stereocenters. The van der Waals surface area contributed by atoms with Crippen molar-refractivity contribution in [3.8, 4) is 0 Å². The monoisotopic (exact) mass is 190 g/mol. The van der Waals surface area contributed by atoms with E-state index in [0.29, 0.717) is 5.03 Å². The highest BCUT2D eigenvalue weighted by Crippen LogP contribution is 2.13. The van der Waals surface area contributed by atoms with Crippen LogP contribution in [0, 0.1) is 0 Å². The summed E-state index contributed by atoms with van der Waals surface area (Å²) in [5, 5.41) is 0.312. The van der Waals surface area contributed by atoms with Crippen molar-refractivity contribution in [1.82, 2.24) is 0 Å².